The Labute approximate surface area is 121 Å². The highest BCUT2D eigenvalue weighted by molar-refractivity contribution is 7.99. The average Bonchev–Trinajstić information content (AvgIpc) is 2.37. The summed E-state index contributed by atoms with van der Waals surface area (Å²) in [7, 11) is 0. The topological polar surface area (TPSA) is 66.4 Å². The molecule has 4 nitrogen and oxygen atoms in total. The van der Waals surface area contributed by atoms with Crippen LogP contribution in [0.25, 0.3) is 0 Å². The average molecular weight is 302 g/mol. The second-order valence-electron chi connectivity index (χ2n) is 4.02. The van der Waals surface area contributed by atoms with Gasteiger partial charge in [0.15, 0.2) is 0 Å². The fraction of sp³-hybridized carbons (Fsp3) is 0.385. The van der Waals surface area contributed by atoms with Crippen LogP contribution in [0.4, 0.5) is 0 Å². The molecule has 0 radical (unpaired) electrons. The minimum atomic E-state index is -0.936. The molecule has 0 aliphatic rings. The van der Waals surface area contributed by atoms with E-state index < -0.39 is 11.9 Å². The Morgan fingerprint density at radius 2 is 2.16 bits per heavy atom. The van der Waals surface area contributed by atoms with Gasteiger partial charge in [-0.05, 0) is 24.0 Å². The number of carbonyl (C=O) groups is 2. The highest BCUT2D eigenvalue weighted by Gasteiger charge is 2.15. The highest BCUT2D eigenvalue weighted by Crippen LogP contribution is 2.25. The predicted octanol–water partition coefficient (Wildman–Crippen LogP) is 2.90. The van der Waals surface area contributed by atoms with Crippen molar-refractivity contribution in [3.8, 4) is 0 Å². The Kier molecular flexibility index (Phi) is 6.18. The largest absolute Gasteiger partial charge is 0.481 e. The number of halogens is 1. The third kappa shape index (κ3) is 4.76. The zero-order valence-electron chi connectivity index (χ0n) is 10.8. The summed E-state index contributed by atoms with van der Waals surface area (Å²) in [6, 6.07) is 5.13. The lowest BCUT2D eigenvalue weighted by Crippen LogP contribution is -2.31. The summed E-state index contributed by atoms with van der Waals surface area (Å²) in [6.07, 6.45) is 0. The molecule has 0 aliphatic carbocycles. The number of carboxylic acid groups (broad SMARTS) is 1. The van der Waals surface area contributed by atoms with Crippen LogP contribution in [0, 0.1) is 5.92 Å². The van der Waals surface area contributed by atoms with E-state index in [0.29, 0.717) is 10.6 Å². The van der Waals surface area contributed by atoms with E-state index in [1.54, 1.807) is 36.9 Å². The van der Waals surface area contributed by atoms with E-state index in [2.05, 4.69) is 5.32 Å². The van der Waals surface area contributed by atoms with Gasteiger partial charge in [-0.25, -0.2) is 0 Å². The van der Waals surface area contributed by atoms with Crippen LogP contribution in [0.2, 0.25) is 5.02 Å². The van der Waals surface area contributed by atoms with Crippen molar-refractivity contribution in [3.63, 3.8) is 0 Å². The summed E-state index contributed by atoms with van der Waals surface area (Å²) < 4.78 is 0. The molecule has 0 heterocycles. The molecule has 0 saturated carbocycles. The quantitative estimate of drug-likeness (QED) is 0.793. The number of carbonyl (C=O) groups excluding carboxylic acids is 1. The van der Waals surface area contributed by atoms with E-state index in [9.17, 15) is 9.59 Å². The van der Waals surface area contributed by atoms with Gasteiger partial charge in [0, 0.05) is 16.5 Å². The molecule has 0 bridgehead atoms. The van der Waals surface area contributed by atoms with Gasteiger partial charge < -0.3 is 10.4 Å². The maximum atomic E-state index is 12.0. The molecule has 104 valence electrons. The molecule has 19 heavy (non-hydrogen) atoms. The Hall–Kier alpha value is -1.20. The summed E-state index contributed by atoms with van der Waals surface area (Å²) in [5.41, 5.74) is 0.483. The third-order valence-electron chi connectivity index (χ3n) is 2.48. The first-order valence-corrected chi connectivity index (χ1v) is 7.25. The summed E-state index contributed by atoms with van der Waals surface area (Å²) >= 11 is 7.43. The van der Waals surface area contributed by atoms with Gasteiger partial charge in [-0.3, -0.25) is 9.59 Å². The lowest BCUT2D eigenvalue weighted by Gasteiger charge is -2.11. The molecule has 0 spiro atoms. The Bertz CT molecular complexity index is 479. The van der Waals surface area contributed by atoms with E-state index in [0.717, 1.165) is 10.6 Å². The number of hydrogen-bond acceptors (Lipinski definition) is 3. The fourth-order valence-corrected chi connectivity index (χ4v) is 2.34. The SMILES string of the molecule is CCSc1ccc(Cl)cc1C(=O)NCC(C)C(=O)O. The number of hydrogen-bond donors (Lipinski definition) is 2. The zero-order chi connectivity index (χ0) is 14.4. The van der Waals surface area contributed by atoms with E-state index in [1.807, 2.05) is 6.92 Å². The predicted molar refractivity (Wildman–Crippen MR) is 77.0 cm³/mol. The smallest absolute Gasteiger partial charge is 0.308 e. The van der Waals surface area contributed by atoms with E-state index in [1.165, 1.54) is 0 Å². The number of rotatable bonds is 6. The molecule has 1 atom stereocenters. The molecule has 0 fully saturated rings. The Morgan fingerprint density at radius 3 is 2.74 bits per heavy atom. The van der Waals surface area contributed by atoms with Gasteiger partial charge in [0.05, 0.1) is 11.5 Å². The van der Waals surface area contributed by atoms with Crippen LogP contribution in [0.15, 0.2) is 23.1 Å². The monoisotopic (exact) mass is 301 g/mol. The van der Waals surface area contributed by atoms with Crippen molar-refractivity contribution in [3.05, 3.63) is 28.8 Å². The molecule has 1 rings (SSSR count). The van der Waals surface area contributed by atoms with Crippen molar-refractivity contribution in [1.29, 1.82) is 0 Å². The van der Waals surface area contributed by atoms with E-state index in [4.69, 9.17) is 16.7 Å². The van der Waals surface area contributed by atoms with E-state index >= 15 is 0 Å². The molecule has 1 unspecified atom stereocenters. The molecular formula is C13H16ClNO3S. The first-order valence-electron chi connectivity index (χ1n) is 5.89. The molecule has 2 N–H and O–H groups in total. The van der Waals surface area contributed by atoms with Crippen LogP contribution < -0.4 is 5.32 Å². The molecule has 0 aliphatic heterocycles. The lowest BCUT2D eigenvalue weighted by molar-refractivity contribution is -0.140. The minimum absolute atomic E-state index is 0.0942. The molecule has 0 saturated heterocycles. The van der Waals surface area contributed by atoms with Gasteiger partial charge in [-0.1, -0.05) is 25.4 Å². The second-order valence-corrected chi connectivity index (χ2v) is 5.77. The van der Waals surface area contributed by atoms with Crippen LogP contribution >= 0.6 is 23.4 Å². The van der Waals surface area contributed by atoms with Crippen molar-refractivity contribution in [1.82, 2.24) is 5.32 Å². The van der Waals surface area contributed by atoms with Crippen LogP contribution in [0.3, 0.4) is 0 Å². The summed E-state index contributed by atoms with van der Waals surface area (Å²) in [4.78, 5) is 23.6. The minimum Gasteiger partial charge on any atom is -0.481 e. The number of amides is 1. The molecule has 6 heteroatoms. The normalized spacial score (nSPS) is 11.9. The van der Waals surface area contributed by atoms with Gasteiger partial charge in [0.25, 0.3) is 5.91 Å². The van der Waals surface area contributed by atoms with Crippen LogP contribution in [0.1, 0.15) is 24.2 Å². The zero-order valence-corrected chi connectivity index (χ0v) is 12.3. The van der Waals surface area contributed by atoms with E-state index in [-0.39, 0.29) is 12.5 Å². The van der Waals surface area contributed by atoms with Gasteiger partial charge in [-0.15, -0.1) is 11.8 Å². The Morgan fingerprint density at radius 1 is 1.47 bits per heavy atom. The number of aliphatic carboxylic acids is 1. The summed E-state index contributed by atoms with van der Waals surface area (Å²) in [6.45, 7) is 3.63. The number of carboxylic acids is 1. The summed E-state index contributed by atoms with van der Waals surface area (Å²) in [5, 5.41) is 11.9. The third-order valence-corrected chi connectivity index (χ3v) is 3.67. The van der Waals surface area contributed by atoms with Crippen molar-refractivity contribution < 1.29 is 14.7 Å². The van der Waals surface area contributed by atoms with Gasteiger partial charge in [-0.2, -0.15) is 0 Å². The molecule has 1 amide bonds. The maximum absolute atomic E-state index is 12.0. The molecular weight excluding hydrogens is 286 g/mol. The Balaban J connectivity index is 2.80. The van der Waals surface area contributed by atoms with Crippen molar-refractivity contribution in [2.45, 2.75) is 18.7 Å². The standard InChI is InChI=1S/C13H16ClNO3S/c1-3-19-11-5-4-9(14)6-10(11)12(16)15-7-8(2)13(17)18/h4-6,8H,3,7H2,1-2H3,(H,15,16)(H,17,18). The number of nitrogens with one attached hydrogen (secondary N) is 1. The van der Waals surface area contributed by atoms with Crippen molar-refractivity contribution in [2.24, 2.45) is 5.92 Å². The maximum Gasteiger partial charge on any atom is 0.308 e. The van der Waals surface area contributed by atoms with Crippen LogP contribution in [-0.2, 0) is 4.79 Å². The van der Waals surface area contributed by atoms with Gasteiger partial charge in [0.2, 0.25) is 0 Å². The summed E-state index contributed by atoms with van der Waals surface area (Å²) in [5.74, 6) is -1.01. The fourth-order valence-electron chi connectivity index (χ4n) is 1.39. The molecule has 0 aromatic heterocycles. The first-order chi connectivity index (χ1) is 8.95. The number of benzene rings is 1. The van der Waals surface area contributed by atoms with Crippen molar-refractivity contribution >= 4 is 35.2 Å². The molecule has 1 aromatic carbocycles. The highest BCUT2D eigenvalue weighted by atomic mass is 35.5. The molecule has 1 aromatic rings. The van der Waals surface area contributed by atoms with Crippen LogP contribution in [-0.4, -0.2) is 29.3 Å². The van der Waals surface area contributed by atoms with Gasteiger partial charge in [0.1, 0.15) is 0 Å². The lowest BCUT2D eigenvalue weighted by atomic mass is 10.1. The first kappa shape index (κ1) is 15.9. The van der Waals surface area contributed by atoms with Crippen molar-refractivity contribution in [2.75, 3.05) is 12.3 Å². The number of thioether (sulfide) groups is 1. The van der Waals surface area contributed by atoms with Gasteiger partial charge >= 0.3 is 5.97 Å². The van der Waals surface area contributed by atoms with Crippen LogP contribution in [0.5, 0.6) is 0 Å². The second kappa shape index (κ2) is 7.40.